The fourth-order valence-corrected chi connectivity index (χ4v) is 2.83. The Kier molecular flexibility index (Phi) is 2.51. The molecule has 86 valence electrons. The molecule has 0 bridgehead atoms. The second kappa shape index (κ2) is 4.17. The summed E-state index contributed by atoms with van der Waals surface area (Å²) in [6, 6.07) is 16.6. The molecule has 0 spiro atoms. The molecule has 0 aliphatic heterocycles. The van der Waals surface area contributed by atoms with Crippen molar-refractivity contribution in [3.05, 3.63) is 53.4 Å². The molecule has 0 radical (unpaired) electrons. The van der Waals surface area contributed by atoms with E-state index >= 15 is 0 Å². The summed E-state index contributed by atoms with van der Waals surface area (Å²) in [5.74, 6) is 0. The fourth-order valence-electron chi connectivity index (χ4n) is 2.06. The lowest BCUT2D eigenvalue weighted by molar-refractivity contribution is 1.50. The Labute approximate surface area is 109 Å². The van der Waals surface area contributed by atoms with E-state index < -0.39 is 0 Å². The number of rotatable bonds is 1. The summed E-state index contributed by atoms with van der Waals surface area (Å²) in [7, 11) is 0. The number of nitrogens with two attached hydrogens (primary N) is 1. The van der Waals surface area contributed by atoms with E-state index in [-0.39, 0.29) is 0 Å². The van der Waals surface area contributed by atoms with Crippen LogP contribution in [0.1, 0.15) is 5.56 Å². The molecule has 3 heteroatoms. The van der Waals surface area contributed by atoms with Crippen LogP contribution in [0.3, 0.4) is 0 Å². The molecule has 1 heterocycles. The third-order valence-corrected chi connectivity index (χ3v) is 3.80. The van der Waals surface area contributed by atoms with Crippen LogP contribution in [0.15, 0.2) is 47.8 Å². The molecule has 0 aliphatic carbocycles. The maximum absolute atomic E-state index is 9.14. The van der Waals surface area contributed by atoms with Crippen LogP contribution in [0.5, 0.6) is 0 Å². The first-order chi connectivity index (χ1) is 8.79. The van der Waals surface area contributed by atoms with Gasteiger partial charge in [-0.2, -0.15) is 5.26 Å². The third kappa shape index (κ3) is 1.64. The topological polar surface area (TPSA) is 49.8 Å². The number of hydrogen-bond donors (Lipinski definition) is 1. The number of benzene rings is 2. The highest BCUT2D eigenvalue weighted by atomic mass is 32.1. The summed E-state index contributed by atoms with van der Waals surface area (Å²) in [5.41, 5.74) is 8.34. The maximum atomic E-state index is 9.14. The Morgan fingerprint density at radius 1 is 1.06 bits per heavy atom. The van der Waals surface area contributed by atoms with Crippen LogP contribution in [-0.4, -0.2) is 0 Å². The van der Waals surface area contributed by atoms with Gasteiger partial charge in [0.15, 0.2) is 0 Å². The van der Waals surface area contributed by atoms with E-state index in [1.54, 1.807) is 0 Å². The zero-order valence-corrected chi connectivity index (χ0v) is 10.4. The predicted molar refractivity (Wildman–Crippen MR) is 76.4 cm³/mol. The molecular weight excluding hydrogens is 240 g/mol. The summed E-state index contributed by atoms with van der Waals surface area (Å²) in [6.07, 6.45) is 0. The average Bonchev–Trinajstić information content (AvgIpc) is 2.79. The summed E-state index contributed by atoms with van der Waals surface area (Å²) in [6.45, 7) is 0. The maximum Gasteiger partial charge on any atom is 0.104 e. The Morgan fingerprint density at radius 2 is 1.83 bits per heavy atom. The normalized spacial score (nSPS) is 10.4. The van der Waals surface area contributed by atoms with Gasteiger partial charge in [-0.05, 0) is 22.4 Å². The second-order valence-electron chi connectivity index (χ2n) is 4.06. The minimum absolute atomic E-state index is 0.579. The summed E-state index contributed by atoms with van der Waals surface area (Å²) in [5, 5.41) is 14.0. The molecule has 0 atom stereocenters. The van der Waals surface area contributed by atoms with Crippen molar-refractivity contribution in [3.63, 3.8) is 0 Å². The monoisotopic (exact) mass is 250 g/mol. The number of anilines is 1. The van der Waals surface area contributed by atoms with Gasteiger partial charge in [-0.1, -0.05) is 36.4 Å². The molecule has 2 aromatic carbocycles. The van der Waals surface area contributed by atoms with E-state index in [1.165, 1.54) is 22.1 Å². The van der Waals surface area contributed by atoms with E-state index in [0.29, 0.717) is 10.6 Å². The van der Waals surface area contributed by atoms with Crippen LogP contribution in [0.25, 0.3) is 21.9 Å². The number of nitrogen functional groups attached to an aromatic ring is 1. The molecule has 3 rings (SSSR count). The Bertz CT molecular complexity index is 766. The quantitative estimate of drug-likeness (QED) is 0.709. The molecule has 18 heavy (non-hydrogen) atoms. The summed E-state index contributed by atoms with van der Waals surface area (Å²) < 4.78 is 0. The van der Waals surface area contributed by atoms with Gasteiger partial charge in [0.2, 0.25) is 0 Å². The van der Waals surface area contributed by atoms with Crippen LogP contribution >= 0.6 is 11.3 Å². The number of nitrogens with zero attached hydrogens (tertiary/aromatic N) is 1. The molecule has 2 nitrogen and oxygen atoms in total. The Hall–Kier alpha value is -2.31. The zero-order valence-electron chi connectivity index (χ0n) is 9.55. The highest BCUT2D eigenvalue weighted by molar-refractivity contribution is 7.14. The molecule has 3 aromatic rings. The van der Waals surface area contributed by atoms with Crippen LogP contribution in [-0.2, 0) is 0 Å². The third-order valence-electron chi connectivity index (χ3n) is 2.99. The fraction of sp³-hybridized carbons (Fsp3) is 0. The van der Waals surface area contributed by atoms with Crippen molar-refractivity contribution in [1.82, 2.24) is 0 Å². The molecule has 1 aromatic heterocycles. The van der Waals surface area contributed by atoms with Crippen molar-refractivity contribution < 1.29 is 0 Å². The van der Waals surface area contributed by atoms with Gasteiger partial charge in [0.1, 0.15) is 11.1 Å². The zero-order chi connectivity index (χ0) is 12.5. The van der Waals surface area contributed by atoms with Crippen molar-refractivity contribution in [1.29, 1.82) is 5.26 Å². The molecule has 0 aliphatic rings. The molecule has 0 saturated carbocycles. The summed E-state index contributed by atoms with van der Waals surface area (Å²) >= 11 is 1.41. The van der Waals surface area contributed by atoms with Gasteiger partial charge in [-0.25, -0.2) is 0 Å². The van der Waals surface area contributed by atoms with E-state index in [2.05, 4.69) is 30.3 Å². The SMILES string of the molecule is N#Cc1c(-c2ccc3ccccc3c2)csc1N. The van der Waals surface area contributed by atoms with E-state index in [0.717, 1.165) is 11.1 Å². The van der Waals surface area contributed by atoms with Gasteiger partial charge < -0.3 is 5.73 Å². The molecule has 0 fully saturated rings. The lowest BCUT2D eigenvalue weighted by atomic mass is 10.0. The standard InChI is InChI=1S/C15H10N2S/c16-8-13-14(9-18-15(13)17)12-6-5-10-3-1-2-4-11(10)7-12/h1-7,9H,17H2. The van der Waals surface area contributed by atoms with Crippen LogP contribution in [0.2, 0.25) is 0 Å². The van der Waals surface area contributed by atoms with Crippen LogP contribution in [0, 0.1) is 11.3 Å². The largest absolute Gasteiger partial charge is 0.389 e. The van der Waals surface area contributed by atoms with Crippen molar-refractivity contribution in [2.75, 3.05) is 5.73 Å². The second-order valence-corrected chi connectivity index (χ2v) is 4.97. The molecule has 0 saturated heterocycles. The smallest absolute Gasteiger partial charge is 0.104 e. The molecular formula is C15H10N2S. The van der Waals surface area contributed by atoms with Crippen LogP contribution < -0.4 is 5.73 Å². The first-order valence-corrected chi connectivity index (χ1v) is 6.44. The molecule has 0 unspecified atom stereocenters. The number of hydrogen-bond acceptors (Lipinski definition) is 3. The van der Waals surface area contributed by atoms with Crippen LogP contribution in [0.4, 0.5) is 5.00 Å². The Balaban J connectivity index is 2.23. The minimum Gasteiger partial charge on any atom is -0.389 e. The van der Waals surface area contributed by atoms with Gasteiger partial charge in [-0.15, -0.1) is 11.3 Å². The van der Waals surface area contributed by atoms with Crippen molar-refractivity contribution >= 4 is 27.1 Å². The van der Waals surface area contributed by atoms with E-state index in [4.69, 9.17) is 11.0 Å². The van der Waals surface area contributed by atoms with Gasteiger partial charge in [0, 0.05) is 10.9 Å². The highest BCUT2D eigenvalue weighted by Crippen LogP contribution is 2.34. The van der Waals surface area contributed by atoms with Gasteiger partial charge >= 0.3 is 0 Å². The Morgan fingerprint density at radius 3 is 2.61 bits per heavy atom. The van der Waals surface area contributed by atoms with Gasteiger partial charge in [0.25, 0.3) is 0 Å². The number of fused-ring (bicyclic) bond motifs is 1. The number of nitriles is 1. The minimum atomic E-state index is 0.579. The summed E-state index contributed by atoms with van der Waals surface area (Å²) in [4.78, 5) is 0. The lowest BCUT2D eigenvalue weighted by Gasteiger charge is -2.02. The first kappa shape index (κ1) is 10.8. The molecule has 2 N–H and O–H groups in total. The number of thiophene rings is 1. The lowest BCUT2D eigenvalue weighted by Crippen LogP contribution is -1.85. The molecule has 0 amide bonds. The first-order valence-electron chi connectivity index (χ1n) is 5.56. The van der Waals surface area contributed by atoms with E-state index in [9.17, 15) is 0 Å². The van der Waals surface area contributed by atoms with E-state index in [1.807, 2.05) is 23.6 Å². The van der Waals surface area contributed by atoms with Crippen molar-refractivity contribution in [2.45, 2.75) is 0 Å². The van der Waals surface area contributed by atoms with Gasteiger partial charge in [-0.3, -0.25) is 0 Å². The van der Waals surface area contributed by atoms with Crippen molar-refractivity contribution in [3.8, 4) is 17.2 Å². The average molecular weight is 250 g/mol. The highest BCUT2D eigenvalue weighted by Gasteiger charge is 2.10. The van der Waals surface area contributed by atoms with Crippen molar-refractivity contribution in [2.24, 2.45) is 0 Å². The predicted octanol–water partition coefficient (Wildman–Crippen LogP) is 4.02. The van der Waals surface area contributed by atoms with Gasteiger partial charge in [0.05, 0.1) is 5.56 Å².